The minimum atomic E-state index is -0.606. The highest BCUT2D eigenvalue weighted by atomic mass is 16.6. The number of carbonyl (C=O) groups is 3. The third-order valence-electron chi connectivity index (χ3n) is 2.11. The van der Waals surface area contributed by atoms with Crippen LogP contribution in [0.3, 0.4) is 0 Å². The van der Waals surface area contributed by atoms with E-state index < -0.39 is 17.5 Å². The molecule has 1 aromatic carbocycles. The number of hydrogen-bond acceptors (Lipinski definition) is 4. The van der Waals surface area contributed by atoms with Gasteiger partial charge < -0.3 is 4.74 Å². The molecule has 0 atom stereocenters. The van der Waals surface area contributed by atoms with E-state index in [-0.39, 0.29) is 17.0 Å². The lowest BCUT2D eigenvalue weighted by Crippen LogP contribution is -2.40. The highest BCUT2D eigenvalue weighted by Gasteiger charge is 2.18. The smallest absolute Gasteiger partial charge is 0.338 e. The Labute approximate surface area is 117 Å². The van der Waals surface area contributed by atoms with Crippen LogP contribution in [0.4, 0.5) is 0 Å². The molecule has 0 saturated carbocycles. The average Bonchev–Trinajstić information content (AvgIpc) is 2.34. The summed E-state index contributed by atoms with van der Waals surface area (Å²) in [6.45, 7) is 6.56. The van der Waals surface area contributed by atoms with E-state index >= 15 is 0 Å². The van der Waals surface area contributed by atoms with Gasteiger partial charge in [-0.05, 0) is 39.0 Å². The Morgan fingerprint density at radius 1 is 1.05 bits per heavy atom. The predicted molar refractivity (Wildman–Crippen MR) is 72.9 cm³/mol. The van der Waals surface area contributed by atoms with E-state index in [1.54, 1.807) is 32.9 Å². The summed E-state index contributed by atoms with van der Waals surface area (Å²) in [7, 11) is 0. The van der Waals surface area contributed by atoms with Crippen LogP contribution in [0.25, 0.3) is 0 Å². The number of amides is 2. The summed E-state index contributed by atoms with van der Waals surface area (Å²) in [6.07, 6.45) is 0. The van der Waals surface area contributed by atoms with Crippen molar-refractivity contribution in [3.63, 3.8) is 0 Å². The first-order chi connectivity index (χ1) is 9.19. The number of hydrogen-bond donors (Lipinski definition) is 2. The van der Waals surface area contributed by atoms with Crippen LogP contribution in [0.1, 0.15) is 48.4 Å². The Morgan fingerprint density at radius 3 is 2.20 bits per heavy atom. The van der Waals surface area contributed by atoms with Crippen molar-refractivity contribution >= 4 is 17.8 Å². The molecule has 1 rings (SSSR count). The van der Waals surface area contributed by atoms with Gasteiger partial charge >= 0.3 is 5.97 Å². The topological polar surface area (TPSA) is 84.5 Å². The maximum Gasteiger partial charge on any atom is 0.338 e. The molecule has 0 fully saturated rings. The summed E-state index contributed by atoms with van der Waals surface area (Å²) in [4.78, 5) is 34.3. The van der Waals surface area contributed by atoms with E-state index in [0.717, 1.165) is 0 Å². The Bertz CT molecular complexity index is 532. The molecule has 0 heterocycles. The summed E-state index contributed by atoms with van der Waals surface area (Å²) in [5.41, 5.74) is 4.32. The largest absolute Gasteiger partial charge is 0.456 e. The molecule has 0 unspecified atom stereocenters. The zero-order valence-corrected chi connectivity index (χ0v) is 11.9. The molecular weight excluding hydrogens is 260 g/mol. The van der Waals surface area contributed by atoms with Crippen LogP contribution in [0, 0.1) is 0 Å². The zero-order chi connectivity index (χ0) is 15.3. The Balaban J connectivity index is 2.82. The summed E-state index contributed by atoms with van der Waals surface area (Å²) in [5.74, 6) is -1.40. The molecule has 0 radical (unpaired) electrons. The maximum absolute atomic E-state index is 11.9. The lowest BCUT2D eigenvalue weighted by molar-refractivity contribution is -0.119. The van der Waals surface area contributed by atoms with E-state index in [0.29, 0.717) is 0 Å². The van der Waals surface area contributed by atoms with Crippen molar-refractivity contribution in [3.8, 4) is 0 Å². The van der Waals surface area contributed by atoms with Gasteiger partial charge in [0.2, 0.25) is 5.91 Å². The fourth-order valence-electron chi connectivity index (χ4n) is 1.34. The highest BCUT2D eigenvalue weighted by Crippen LogP contribution is 2.13. The van der Waals surface area contributed by atoms with Crippen LogP contribution in [-0.4, -0.2) is 23.4 Å². The van der Waals surface area contributed by atoms with Gasteiger partial charge in [0.15, 0.2) is 0 Å². The first kappa shape index (κ1) is 15.7. The van der Waals surface area contributed by atoms with Crippen LogP contribution in [-0.2, 0) is 9.53 Å². The van der Waals surface area contributed by atoms with E-state index in [2.05, 4.69) is 10.9 Å². The van der Waals surface area contributed by atoms with Crippen molar-refractivity contribution in [3.05, 3.63) is 35.4 Å². The summed E-state index contributed by atoms with van der Waals surface area (Å²) in [5, 5.41) is 0. The van der Waals surface area contributed by atoms with Crippen molar-refractivity contribution in [2.45, 2.75) is 33.3 Å². The second kappa shape index (κ2) is 6.18. The second-order valence-electron chi connectivity index (χ2n) is 5.22. The first-order valence-electron chi connectivity index (χ1n) is 6.09. The van der Waals surface area contributed by atoms with E-state index in [1.165, 1.54) is 19.1 Å². The van der Waals surface area contributed by atoms with Gasteiger partial charge in [-0.15, -0.1) is 0 Å². The molecule has 1 aromatic rings. The molecule has 108 valence electrons. The van der Waals surface area contributed by atoms with E-state index in [9.17, 15) is 14.4 Å². The third kappa shape index (κ3) is 5.09. The Morgan fingerprint density at radius 2 is 1.65 bits per heavy atom. The lowest BCUT2D eigenvalue weighted by atomic mass is 10.1. The molecular formula is C14H18N2O4. The molecule has 0 aromatic heterocycles. The first-order valence-corrected chi connectivity index (χ1v) is 6.09. The van der Waals surface area contributed by atoms with Crippen LogP contribution in [0.15, 0.2) is 24.3 Å². The normalized spacial score (nSPS) is 10.6. The van der Waals surface area contributed by atoms with Gasteiger partial charge in [-0.2, -0.15) is 0 Å². The van der Waals surface area contributed by atoms with Crippen molar-refractivity contribution in [1.82, 2.24) is 10.9 Å². The average molecular weight is 278 g/mol. The van der Waals surface area contributed by atoms with Crippen LogP contribution >= 0.6 is 0 Å². The number of ether oxygens (including phenoxy) is 1. The number of nitrogens with one attached hydrogen (secondary N) is 2. The van der Waals surface area contributed by atoms with Gasteiger partial charge in [-0.25, -0.2) is 4.79 Å². The number of rotatable bonds is 2. The molecule has 0 aliphatic carbocycles. The van der Waals surface area contributed by atoms with Crippen LogP contribution in [0.2, 0.25) is 0 Å². The summed E-state index contributed by atoms with van der Waals surface area (Å²) < 4.78 is 5.22. The van der Waals surface area contributed by atoms with Gasteiger partial charge in [0.25, 0.3) is 5.91 Å². The van der Waals surface area contributed by atoms with Gasteiger partial charge in [0.1, 0.15) is 5.60 Å². The van der Waals surface area contributed by atoms with Gasteiger partial charge in [0, 0.05) is 12.5 Å². The monoisotopic (exact) mass is 278 g/mol. The Hall–Kier alpha value is -2.37. The molecule has 0 spiro atoms. The summed E-state index contributed by atoms with van der Waals surface area (Å²) >= 11 is 0. The number of esters is 1. The molecule has 0 aliphatic rings. The molecule has 6 nitrogen and oxygen atoms in total. The summed E-state index contributed by atoms with van der Waals surface area (Å²) in [6, 6.07) is 6.07. The van der Waals surface area contributed by atoms with Crippen molar-refractivity contribution < 1.29 is 19.1 Å². The predicted octanol–water partition coefficient (Wildman–Crippen LogP) is 1.42. The molecule has 0 aliphatic heterocycles. The maximum atomic E-state index is 11.9. The molecule has 2 N–H and O–H groups in total. The van der Waals surface area contributed by atoms with Crippen LogP contribution < -0.4 is 10.9 Å². The van der Waals surface area contributed by atoms with Gasteiger partial charge in [-0.1, -0.05) is 6.07 Å². The molecule has 0 saturated heterocycles. The lowest BCUT2D eigenvalue weighted by Gasteiger charge is -2.19. The quantitative estimate of drug-likeness (QED) is 0.633. The second-order valence-corrected chi connectivity index (χ2v) is 5.22. The van der Waals surface area contributed by atoms with Crippen molar-refractivity contribution in [2.75, 3.05) is 0 Å². The van der Waals surface area contributed by atoms with Crippen molar-refractivity contribution in [2.24, 2.45) is 0 Å². The number of benzene rings is 1. The van der Waals surface area contributed by atoms with Gasteiger partial charge in [0.05, 0.1) is 5.56 Å². The van der Waals surface area contributed by atoms with E-state index in [1.807, 2.05) is 0 Å². The molecule has 2 amide bonds. The zero-order valence-electron chi connectivity index (χ0n) is 11.9. The minimum Gasteiger partial charge on any atom is -0.456 e. The molecule has 20 heavy (non-hydrogen) atoms. The van der Waals surface area contributed by atoms with Gasteiger partial charge in [-0.3, -0.25) is 20.4 Å². The third-order valence-corrected chi connectivity index (χ3v) is 2.11. The molecule has 0 bridgehead atoms. The minimum absolute atomic E-state index is 0.252. The fourth-order valence-corrected chi connectivity index (χ4v) is 1.34. The van der Waals surface area contributed by atoms with Crippen LogP contribution in [0.5, 0.6) is 0 Å². The molecule has 6 heteroatoms. The highest BCUT2D eigenvalue weighted by molar-refractivity contribution is 5.98. The number of hydrazine groups is 1. The standard InChI is InChI=1S/C14H18N2O4/c1-9(17)15-16-12(18)10-6-5-7-11(8-10)13(19)20-14(2,3)4/h5-8H,1-4H3,(H,15,17)(H,16,18). The Kier molecular flexibility index (Phi) is 4.85. The van der Waals surface area contributed by atoms with Crippen molar-refractivity contribution in [1.29, 1.82) is 0 Å². The number of carbonyl (C=O) groups excluding carboxylic acids is 3. The van der Waals surface area contributed by atoms with E-state index in [4.69, 9.17) is 4.74 Å². The SMILES string of the molecule is CC(=O)NNC(=O)c1cccc(C(=O)OC(C)(C)C)c1. The fraction of sp³-hybridized carbons (Fsp3) is 0.357.